The van der Waals surface area contributed by atoms with E-state index in [9.17, 15) is 20.2 Å². The Kier molecular flexibility index (Phi) is 6.21. The van der Waals surface area contributed by atoms with E-state index >= 15 is 0 Å². The van der Waals surface area contributed by atoms with Gasteiger partial charge in [0.2, 0.25) is 0 Å². The Bertz CT molecular complexity index is 1200. The maximum atomic E-state index is 11.2. The van der Waals surface area contributed by atoms with Crippen molar-refractivity contribution in [3.05, 3.63) is 84.7 Å². The summed E-state index contributed by atoms with van der Waals surface area (Å²) in [7, 11) is 1.55. The summed E-state index contributed by atoms with van der Waals surface area (Å²) in [6.07, 6.45) is 1.52. The summed E-state index contributed by atoms with van der Waals surface area (Å²) in [5, 5.41) is 26.6. The highest BCUT2D eigenvalue weighted by atomic mass is 35.5. The van der Waals surface area contributed by atoms with Gasteiger partial charge in [-0.1, -0.05) is 11.6 Å². The number of hydrazone groups is 1. The van der Waals surface area contributed by atoms with Crippen LogP contribution in [0.4, 0.5) is 17.1 Å². The summed E-state index contributed by atoms with van der Waals surface area (Å²) in [6, 6.07) is 10.7. The molecule has 0 saturated heterocycles. The van der Waals surface area contributed by atoms with Gasteiger partial charge < -0.3 is 9.30 Å². The van der Waals surface area contributed by atoms with Crippen LogP contribution >= 0.6 is 11.6 Å². The number of nitro benzene ring substituents is 2. The van der Waals surface area contributed by atoms with Crippen molar-refractivity contribution in [1.82, 2.24) is 4.57 Å². The fourth-order valence-electron chi connectivity index (χ4n) is 3.16. The number of methoxy groups -OCH3 is 1. The minimum absolute atomic E-state index is 0.0441. The molecule has 0 radical (unpaired) electrons. The van der Waals surface area contributed by atoms with Crippen LogP contribution in [-0.4, -0.2) is 27.7 Å². The van der Waals surface area contributed by atoms with Gasteiger partial charge in [0.15, 0.2) is 0 Å². The number of nitro groups is 2. The molecule has 3 aromatic rings. The SMILES string of the molecule is COc1ccc(-n2c(C)cc(/C=N\Nc3ccc([N+](=O)[O-])cc3[N+](=O)[O-])c2C)cc1Cl. The lowest BCUT2D eigenvalue weighted by Crippen LogP contribution is -2.01. The molecule has 0 aliphatic carbocycles. The smallest absolute Gasteiger partial charge is 0.301 e. The lowest BCUT2D eigenvalue weighted by Gasteiger charge is -2.11. The molecule has 11 heteroatoms. The zero-order chi connectivity index (χ0) is 22.7. The fraction of sp³-hybridized carbons (Fsp3) is 0.150. The first kappa shape index (κ1) is 21.8. The van der Waals surface area contributed by atoms with Gasteiger partial charge in [-0.3, -0.25) is 25.7 Å². The molecule has 0 atom stereocenters. The van der Waals surface area contributed by atoms with E-state index in [-0.39, 0.29) is 11.4 Å². The number of non-ortho nitro benzene ring substituents is 1. The predicted molar refractivity (Wildman–Crippen MR) is 118 cm³/mol. The van der Waals surface area contributed by atoms with Crippen molar-refractivity contribution in [3.8, 4) is 11.4 Å². The maximum absolute atomic E-state index is 11.2. The van der Waals surface area contributed by atoms with Crippen molar-refractivity contribution in [1.29, 1.82) is 0 Å². The highest BCUT2D eigenvalue weighted by Gasteiger charge is 2.19. The summed E-state index contributed by atoms with van der Waals surface area (Å²) in [4.78, 5) is 20.7. The van der Waals surface area contributed by atoms with Crippen LogP contribution in [0.2, 0.25) is 5.02 Å². The van der Waals surface area contributed by atoms with Crippen molar-refractivity contribution in [2.24, 2.45) is 5.10 Å². The zero-order valence-corrected chi connectivity index (χ0v) is 17.6. The molecule has 0 unspecified atom stereocenters. The molecule has 1 N–H and O–H groups in total. The van der Waals surface area contributed by atoms with Crippen LogP contribution in [0.3, 0.4) is 0 Å². The number of nitrogens with zero attached hydrogens (tertiary/aromatic N) is 4. The zero-order valence-electron chi connectivity index (χ0n) is 16.8. The Hall–Kier alpha value is -3.92. The Morgan fingerprint density at radius 3 is 2.45 bits per heavy atom. The number of benzene rings is 2. The average molecular weight is 444 g/mol. The van der Waals surface area contributed by atoms with E-state index in [1.807, 2.05) is 30.5 Å². The van der Waals surface area contributed by atoms with E-state index in [4.69, 9.17) is 16.3 Å². The second kappa shape index (κ2) is 8.84. The average Bonchev–Trinajstić information content (AvgIpc) is 3.01. The number of halogens is 1. The Labute approximate surface area is 182 Å². The number of aryl methyl sites for hydroxylation is 1. The maximum Gasteiger partial charge on any atom is 0.301 e. The molecule has 0 amide bonds. The van der Waals surface area contributed by atoms with E-state index in [1.165, 1.54) is 18.3 Å². The van der Waals surface area contributed by atoms with Crippen molar-refractivity contribution < 1.29 is 14.6 Å². The van der Waals surface area contributed by atoms with Gasteiger partial charge in [0.05, 0.1) is 34.3 Å². The van der Waals surface area contributed by atoms with Gasteiger partial charge in [0, 0.05) is 28.7 Å². The molecular formula is C20H18ClN5O5. The number of hydrogen-bond donors (Lipinski definition) is 1. The van der Waals surface area contributed by atoms with Gasteiger partial charge in [-0.2, -0.15) is 5.10 Å². The summed E-state index contributed by atoms with van der Waals surface area (Å²) in [6.45, 7) is 3.83. The third kappa shape index (κ3) is 4.48. The van der Waals surface area contributed by atoms with Crippen molar-refractivity contribution >= 4 is 34.9 Å². The molecule has 2 aromatic carbocycles. The fourth-order valence-corrected chi connectivity index (χ4v) is 3.41. The summed E-state index contributed by atoms with van der Waals surface area (Å²) in [5.74, 6) is 0.573. The molecule has 31 heavy (non-hydrogen) atoms. The van der Waals surface area contributed by atoms with Crippen molar-refractivity contribution in [2.75, 3.05) is 12.5 Å². The molecule has 0 saturated carbocycles. The van der Waals surface area contributed by atoms with Crippen LogP contribution in [-0.2, 0) is 0 Å². The van der Waals surface area contributed by atoms with Gasteiger partial charge in [-0.05, 0) is 44.2 Å². The second-order valence-corrected chi connectivity index (χ2v) is 6.97. The van der Waals surface area contributed by atoms with E-state index in [2.05, 4.69) is 10.5 Å². The normalized spacial score (nSPS) is 11.0. The number of rotatable bonds is 7. The highest BCUT2D eigenvalue weighted by molar-refractivity contribution is 6.32. The van der Waals surface area contributed by atoms with Crippen LogP contribution in [0.5, 0.6) is 5.75 Å². The molecule has 3 rings (SSSR count). The van der Waals surface area contributed by atoms with Crippen LogP contribution in [0.15, 0.2) is 47.6 Å². The number of nitrogens with one attached hydrogen (secondary N) is 1. The molecule has 1 aromatic heterocycles. The van der Waals surface area contributed by atoms with Crippen molar-refractivity contribution in [3.63, 3.8) is 0 Å². The van der Waals surface area contributed by atoms with Crippen molar-refractivity contribution in [2.45, 2.75) is 13.8 Å². The first-order valence-corrected chi connectivity index (χ1v) is 9.35. The minimum atomic E-state index is -0.704. The van der Waals surface area contributed by atoms with Crippen LogP contribution in [0.1, 0.15) is 17.0 Å². The van der Waals surface area contributed by atoms with Gasteiger partial charge in [-0.25, -0.2) is 0 Å². The molecule has 10 nitrogen and oxygen atoms in total. The quantitative estimate of drug-likeness (QED) is 0.310. The molecule has 0 spiro atoms. The lowest BCUT2D eigenvalue weighted by atomic mass is 10.2. The molecule has 160 valence electrons. The van der Waals surface area contributed by atoms with E-state index in [1.54, 1.807) is 19.2 Å². The largest absolute Gasteiger partial charge is 0.495 e. The number of hydrogen-bond acceptors (Lipinski definition) is 7. The highest BCUT2D eigenvalue weighted by Crippen LogP contribution is 2.30. The third-order valence-electron chi connectivity index (χ3n) is 4.64. The Morgan fingerprint density at radius 2 is 1.84 bits per heavy atom. The lowest BCUT2D eigenvalue weighted by molar-refractivity contribution is -0.393. The van der Waals surface area contributed by atoms with Crippen LogP contribution in [0, 0.1) is 34.1 Å². The van der Waals surface area contributed by atoms with Crippen LogP contribution < -0.4 is 10.2 Å². The second-order valence-electron chi connectivity index (χ2n) is 6.57. The summed E-state index contributed by atoms with van der Waals surface area (Å²) >= 11 is 6.24. The van der Waals surface area contributed by atoms with E-state index in [0.29, 0.717) is 10.8 Å². The van der Waals surface area contributed by atoms with Gasteiger partial charge in [-0.15, -0.1) is 0 Å². The minimum Gasteiger partial charge on any atom is -0.495 e. The topological polar surface area (TPSA) is 125 Å². The van der Waals surface area contributed by atoms with E-state index < -0.39 is 15.5 Å². The number of ether oxygens (including phenoxy) is 1. The number of aromatic nitrogens is 1. The Balaban J connectivity index is 1.88. The summed E-state index contributed by atoms with van der Waals surface area (Å²) in [5.41, 5.74) is 5.25. The molecule has 0 bridgehead atoms. The molecular weight excluding hydrogens is 426 g/mol. The molecule has 0 aliphatic heterocycles. The first-order chi connectivity index (χ1) is 14.7. The predicted octanol–water partition coefficient (Wildman–Crippen LogP) is 5.02. The van der Waals surface area contributed by atoms with Gasteiger partial charge >= 0.3 is 5.69 Å². The summed E-state index contributed by atoms with van der Waals surface area (Å²) < 4.78 is 7.17. The van der Waals surface area contributed by atoms with Gasteiger partial charge in [0.1, 0.15) is 11.4 Å². The first-order valence-electron chi connectivity index (χ1n) is 8.97. The standard InChI is InChI=1S/C20H18ClN5O5/c1-12-8-14(13(2)24(12)15-5-7-20(31-3)17(21)9-15)11-22-23-18-6-4-16(25(27)28)10-19(18)26(29)30/h4-11,23H,1-3H3/b22-11-. The number of anilines is 1. The van der Waals surface area contributed by atoms with E-state index in [0.717, 1.165) is 28.7 Å². The molecule has 0 fully saturated rings. The Morgan fingerprint density at radius 1 is 1.10 bits per heavy atom. The van der Waals surface area contributed by atoms with Crippen LogP contribution in [0.25, 0.3) is 5.69 Å². The molecule has 0 aliphatic rings. The third-order valence-corrected chi connectivity index (χ3v) is 4.94. The monoisotopic (exact) mass is 443 g/mol. The molecule has 1 heterocycles. The van der Waals surface area contributed by atoms with Gasteiger partial charge in [0.25, 0.3) is 5.69 Å².